The van der Waals surface area contributed by atoms with Crippen molar-refractivity contribution in [2.45, 2.75) is 77.0 Å². The minimum Gasteiger partial charge on any atom is -0.378 e. The van der Waals surface area contributed by atoms with Crippen molar-refractivity contribution in [1.82, 2.24) is 20.9 Å². The van der Waals surface area contributed by atoms with E-state index in [9.17, 15) is 19.2 Å². The Kier molecular flexibility index (Phi) is 13.2. The van der Waals surface area contributed by atoms with Crippen molar-refractivity contribution < 1.29 is 28.7 Å². The number of Topliss-reactive ketones (excluding diaryl/α,β-unsaturated/α-hetero) is 1. The van der Waals surface area contributed by atoms with Crippen molar-refractivity contribution in [3.05, 3.63) is 35.9 Å². The maximum Gasteiger partial charge on any atom is 0.318 e. The summed E-state index contributed by atoms with van der Waals surface area (Å²) in [6.45, 7) is 4.26. The van der Waals surface area contributed by atoms with Crippen LogP contribution in [0, 0.1) is 5.92 Å². The lowest BCUT2D eigenvalue weighted by molar-refractivity contribution is -0.141. The average molecular weight is 545 g/mol. The summed E-state index contributed by atoms with van der Waals surface area (Å²) in [5, 5.41) is 8.27. The van der Waals surface area contributed by atoms with Gasteiger partial charge in [-0.1, -0.05) is 75.8 Å². The summed E-state index contributed by atoms with van der Waals surface area (Å²) in [6, 6.07) is 7.15. The lowest BCUT2D eigenvalue weighted by atomic mass is 9.84. The predicted octanol–water partition coefficient (Wildman–Crippen LogP) is 2.55. The SMILES string of the molecule is CCCCNC(=O)C(=O)C(COCc1ccccc1)NC(=O)C(CC1CCCCC1)NC(=O)N1CCOCC1. The Labute approximate surface area is 231 Å². The number of hydrogen-bond donors (Lipinski definition) is 3. The first-order chi connectivity index (χ1) is 19.0. The van der Waals surface area contributed by atoms with E-state index >= 15 is 0 Å². The maximum absolute atomic E-state index is 13.6. The van der Waals surface area contributed by atoms with Crippen LogP contribution in [-0.2, 0) is 30.5 Å². The second-order valence-electron chi connectivity index (χ2n) is 10.4. The van der Waals surface area contributed by atoms with Crippen molar-refractivity contribution in [3.8, 4) is 0 Å². The molecule has 1 aromatic carbocycles. The van der Waals surface area contributed by atoms with Crippen LogP contribution in [0.1, 0.15) is 63.9 Å². The summed E-state index contributed by atoms with van der Waals surface area (Å²) >= 11 is 0. The zero-order valence-electron chi connectivity index (χ0n) is 23.1. The zero-order chi connectivity index (χ0) is 27.9. The molecule has 2 unspecified atom stereocenters. The lowest BCUT2D eigenvalue weighted by Gasteiger charge is -2.31. The van der Waals surface area contributed by atoms with Gasteiger partial charge >= 0.3 is 6.03 Å². The molecule has 2 atom stereocenters. The molecular weight excluding hydrogens is 500 g/mol. The van der Waals surface area contributed by atoms with Crippen LogP contribution in [0.25, 0.3) is 0 Å². The largest absolute Gasteiger partial charge is 0.378 e. The van der Waals surface area contributed by atoms with Crippen molar-refractivity contribution in [2.24, 2.45) is 5.92 Å². The Morgan fingerprint density at radius 1 is 1.00 bits per heavy atom. The molecule has 10 nitrogen and oxygen atoms in total. The molecule has 39 heavy (non-hydrogen) atoms. The van der Waals surface area contributed by atoms with Crippen molar-refractivity contribution >= 4 is 23.6 Å². The minimum atomic E-state index is -1.17. The monoisotopic (exact) mass is 544 g/mol. The Morgan fingerprint density at radius 2 is 1.72 bits per heavy atom. The summed E-state index contributed by atoms with van der Waals surface area (Å²) in [6.07, 6.45) is 7.48. The highest BCUT2D eigenvalue weighted by Gasteiger charge is 2.33. The first-order valence-electron chi connectivity index (χ1n) is 14.3. The molecule has 216 valence electrons. The third kappa shape index (κ3) is 10.6. The molecular formula is C29H44N4O6. The van der Waals surface area contributed by atoms with E-state index in [1.54, 1.807) is 4.90 Å². The number of nitrogens with one attached hydrogen (secondary N) is 3. The topological polar surface area (TPSA) is 126 Å². The van der Waals surface area contributed by atoms with E-state index in [4.69, 9.17) is 9.47 Å². The third-order valence-corrected chi connectivity index (χ3v) is 7.28. The van der Waals surface area contributed by atoms with Crippen LogP contribution in [0.5, 0.6) is 0 Å². The molecule has 10 heteroatoms. The molecule has 2 aliphatic rings. The molecule has 4 amide bonds. The van der Waals surface area contributed by atoms with Gasteiger partial charge in [0.1, 0.15) is 12.1 Å². The molecule has 0 bridgehead atoms. The zero-order valence-corrected chi connectivity index (χ0v) is 23.1. The Morgan fingerprint density at radius 3 is 2.41 bits per heavy atom. The van der Waals surface area contributed by atoms with Gasteiger partial charge in [-0.3, -0.25) is 14.4 Å². The maximum atomic E-state index is 13.6. The number of carbonyl (C=O) groups is 4. The first-order valence-corrected chi connectivity index (χ1v) is 14.3. The van der Waals surface area contributed by atoms with E-state index in [1.165, 1.54) is 6.42 Å². The number of unbranched alkanes of at least 4 members (excludes halogenated alkanes) is 1. The van der Waals surface area contributed by atoms with Crippen LogP contribution in [0.4, 0.5) is 4.79 Å². The minimum absolute atomic E-state index is 0.159. The van der Waals surface area contributed by atoms with Gasteiger partial charge in [0.15, 0.2) is 0 Å². The number of urea groups is 1. The van der Waals surface area contributed by atoms with Gasteiger partial charge < -0.3 is 30.3 Å². The highest BCUT2D eigenvalue weighted by atomic mass is 16.5. The number of rotatable bonds is 14. The van der Waals surface area contributed by atoms with Gasteiger partial charge in [0, 0.05) is 19.6 Å². The Balaban J connectivity index is 1.69. The molecule has 1 heterocycles. The molecule has 1 saturated carbocycles. The molecule has 1 aromatic rings. The fourth-order valence-corrected chi connectivity index (χ4v) is 4.94. The van der Waals surface area contributed by atoms with E-state index in [1.807, 2.05) is 37.3 Å². The standard InChI is InChI=1S/C29H44N4O6/c1-2-3-14-30-28(36)26(34)25(21-39-20-23-12-8-5-9-13-23)31-27(35)24(19-22-10-6-4-7-11-22)32-29(37)33-15-17-38-18-16-33/h5,8-9,12-13,22,24-25H,2-4,6-7,10-11,14-21H2,1H3,(H,30,36)(H,31,35)(H,32,37). The average Bonchev–Trinajstić information content (AvgIpc) is 2.97. The number of benzene rings is 1. The van der Waals surface area contributed by atoms with E-state index < -0.39 is 29.7 Å². The number of morpholine rings is 1. The predicted molar refractivity (Wildman–Crippen MR) is 147 cm³/mol. The fourth-order valence-electron chi connectivity index (χ4n) is 4.94. The number of hydrogen-bond acceptors (Lipinski definition) is 6. The van der Waals surface area contributed by atoms with Gasteiger partial charge in [-0.05, 0) is 24.3 Å². The number of ketones is 1. The summed E-state index contributed by atoms with van der Waals surface area (Å²) in [4.78, 5) is 53.8. The van der Waals surface area contributed by atoms with Crippen molar-refractivity contribution in [2.75, 3.05) is 39.5 Å². The molecule has 0 aromatic heterocycles. The van der Waals surface area contributed by atoms with E-state index in [2.05, 4.69) is 16.0 Å². The fraction of sp³-hybridized carbons (Fsp3) is 0.655. The number of nitrogens with zero attached hydrogens (tertiary/aromatic N) is 1. The first kappa shape index (κ1) is 30.6. The molecule has 3 rings (SSSR count). The van der Waals surface area contributed by atoms with E-state index in [-0.39, 0.29) is 19.2 Å². The van der Waals surface area contributed by atoms with Gasteiger partial charge in [-0.25, -0.2) is 4.79 Å². The summed E-state index contributed by atoms with van der Waals surface area (Å²) in [7, 11) is 0. The van der Waals surface area contributed by atoms with Crippen molar-refractivity contribution in [1.29, 1.82) is 0 Å². The van der Waals surface area contributed by atoms with Crippen LogP contribution >= 0.6 is 0 Å². The second-order valence-corrected chi connectivity index (χ2v) is 10.4. The summed E-state index contributed by atoms with van der Waals surface area (Å²) < 4.78 is 11.1. The molecule has 3 N–H and O–H groups in total. The molecule has 1 saturated heterocycles. The highest BCUT2D eigenvalue weighted by Crippen LogP contribution is 2.27. The van der Waals surface area contributed by atoms with Crippen LogP contribution in [0.3, 0.4) is 0 Å². The van der Waals surface area contributed by atoms with Crippen LogP contribution < -0.4 is 16.0 Å². The van der Waals surface area contributed by atoms with E-state index in [0.29, 0.717) is 45.2 Å². The highest BCUT2D eigenvalue weighted by molar-refractivity contribution is 6.38. The molecule has 1 aliphatic carbocycles. The Hall–Kier alpha value is -2.98. The molecule has 0 spiro atoms. The van der Waals surface area contributed by atoms with Crippen LogP contribution in [0.2, 0.25) is 0 Å². The quantitative estimate of drug-likeness (QED) is 0.244. The van der Waals surface area contributed by atoms with E-state index in [0.717, 1.165) is 44.1 Å². The second kappa shape index (κ2) is 16.9. The summed E-state index contributed by atoms with van der Waals surface area (Å²) in [5.74, 6) is -1.69. The number of ether oxygens (including phenoxy) is 2. The molecule has 1 aliphatic heterocycles. The van der Waals surface area contributed by atoms with Gasteiger partial charge in [0.05, 0.1) is 26.4 Å². The molecule has 0 radical (unpaired) electrons. The van der Waals surface area contributed by atoms with Crippen LogP contribution in [0.15, 0.2) is 30.3 Å². The van der Waals surface area contributed by atoms with Crippen molar-refractivity contribution in [3.63, 3.8) is 0 Å². The van der Waals surface area contributed by atoms with Crippen LogP contribution in [-0.4, -0.2) is 80.1 Å². The van der Waals surface area contributed by atoms with Gasteiger partial charge in [0.25, 0.3) is 5.91 Å². The number of carbonyl (C=O) groups excluding carboxylic acids is 4. The molecule has 2 fully saturated rings. The normalized spacial score (nSPS) is 17.6. The van der Waals surface area contributed by atoms with Gasteiger partial charge in [0.2, 0.25) is 11.7 Å². The summed E-state index contributed by atoms with van der Waals surface area (Å²) in [5.41, 5.74) is 0.912. The van der Waals surface area contributed by atoms with Gasteiger partial charge in [-0.2, -0.15) is 0 Å². The smallest absolute Gasteiger partial charge is 0.318 e. The number of amides is 4. The lowest BCUT2D eigenvalue weighted by Crippen LogP contribution is -2.58. The Bertz CT molecular complexity index is 916. The van der Waals surface area contributed by atoms with Gasteiger partial charge in [-0.15, -0.1) is 0 Å². The third-order valence-electron chi connectivity index (χ3n) is 7.28.